The first-order chi connectivity index (χ1) is 16.6. The van der Waals surface area contributed by atoms with E-state index in [1.54, 1.807) is 0 Å². The van der Waals surface area contributed by atoms with Gasteiger partial charge in [0.25, 0.3) is 5.91 Å². The number of nitrogens with zero attached hydrogens (tertiary/aromatic N) is 2. The van der Waals surface area contributed by atoms with E-state index < -0.39 is 0 Å². The molecule has 0 atom stereocenters. The topological polar surface area (TPSA) is 61.9 Å². The van der Waals surface area contributed by atoms with Crippen molar-refractivity contribution >= 4 is 17.6 Å². The maximum absolute atomic E-state index is 12.8. The van der Waals surface area contributed by atoms with Gasteiger partial charge in [-0.1, -0.05) is 30.3 Å². The molecule has 1 heterocycles. The van der Waals surface area contributed by atoms with Gasteiger partial charge in [0.2, 0.25) is 0 Å². The molecule has 6 heteroatoms. The molecule has 1 saturated carbocycles. The van der Waals surface area contributed by atoms with Gasteiger partial charge in [0.05, 0.1) is 7.11 Å². The largest absolute Gasteiger partial charge is 0.469 e. The molecule has 1 amide bonds. The van der Waals surface area contributed by atoms with Gasteiger partial charge in [-0.25, -0.2) is 0 Å². The molecule has 0 aromatic heterocycles. The van der Waals surface area contributed by atoms with Gasteiger partial charge >= 0.3 is 5.97 Å². The number of rotatable bonds is 8. The number of benzene rings is 2. The first-order valence-electron chi connectivity index (χ1n) is 12.6. The fraction of sp³-hybridized carbons (Fsp3) is 0.500. The van der Waals surface area contributed by atoms with Crippen LogP contribution in [-0.2, 0) is 16.1 Å². The van der Waals surface area contributed by atoms with Crippen LogP contribution in [0.4, 0.5) is 5.69 Å². The van der Waals surface area contributed by atoms with Crippen LogP contribution in [0.25, 0.3) is 0 Å². The van der Waals surface area contributed by atoms with Crippen LogP contribution in [0.1, 0.15) is 54.4 Å². The Morgan fingerprint density at radius 3 is 2.24 bits per heavy atom. The van der Waals surface area contributed by atoms with Crippen molar-refractivity contribution in [2.75, 3.05) is 38.2 Å². The molecule has 1 saturated heterocycles. The van der Waals surface area contributed by atoms with Crippen LogP contribution >= 0.6 is 0 Å². The van der Waals surface area contributed by atoms with Crippen molar-refractivity contribution in [2.45, 2.75) is 51.1 Å². The van der Waals surface area contributed by atoms with Crippen molar-refractivity contribution in [3.05, 3.63) is 65.7 Å². The Labute approximate surface area is 203 Å². The third-order valence-corrected chi connectivity index (χ3v) is 7.28. The summed E-state index contributed by atoms with van der Waals surface area (Å²) in [5.74, 6) is 0.435. The van der Waals surface area contributed by atoms with E-state index in [0.29, 0.717) is 12.3 Å². The molecule has 1 N–H and O–H groups in total. The SMILES string of the molecule is COC(=O)CCC1CCC(NC(=O)c2ccc(N3CCN(Cc4ccccc4)CC3)cc2)CC1. The van der Waals surface area contributed by atoms with Gasteiger partial charge < -0.3 is 15.0 Å². The number of amides is 1. The van der Waals surface area contributed by atoms with E-state index in [1.165, 1.54) is 18.4 Å². The molecular formula is C28H37N3O3. The van der Waals surface area contributed by atoms with E-state index in [9.17, 15) is 9.59 Å². The zero-order valence-corrected chi connectivity index (χ0v) is 20.2. The summed E-state index contributed by atoms with van der Waals surface area (Å²) in [5, 5.41) is 3.21. The number of anilines is 1. The summed E-state index contributed by atoms with van der Waals surface area (Å²) < 4.78 is 4.74. The van der Waals surface area contributed by atoms with Crippen LogP contribution in [0.3, 0.4) is 0 Å². The molecule has 0 spiro atoms. The van der Waals surface area contributed by atoms with Gasteiger partial charge in [-0.05, 0) is 67.9 Å². The number of carbonyl (C=O) groups is 2. The normalized spacial score (nSPS) is 21.1. The standard InChI is InChI=1S/C28H37N3O3/c1-34-27(32)16-9-22-7-12-25(13-8-22)29-28(33)24-10-14-26(15-11-24)31-19-17-30(18-20-31)21-23-5-3-2-4-6-23/h2-6,10-11,14-15,22,25H,7-9,12-13,16-21H2,1H3,(H,29,33). The lowest BCUT2D eigenvalue weighted by Gasteiger charge is -2.36. The second-order valence-electron chi connectivity index (χ2n) is 9.60. The Bertz CT molecular complexity index is 916. The van der Waals surface area contributed by atoms with E-state index in [4.69, 9.17) is 4.74 Å². The number of ether oxygens (including phenoxy) is 1. The molecule has 2 aliphatic rings. The Balaban J connectivity index is 1.19. The Kier molecular flexibility index (Phi) is 8.58. The van der Waals surface area contributed by atoms with Crippen molar-refractivity contribution in [3.63, 3.8) is 0 Å². The second kappa shape index (κ2) is 12.0. The molecular weight excluding hydrogens is 426 g/mol. The van der Waals surface area contributed by atoms with Crippen LogP contribution in [0.15, 0.2) is 54.6 Å². The minimum atomic E-state index is -0.132. The lowest BCUT2D eigenvalue weighted by molar-refractivity contribution is -0.141. The van der Waals surface area contributed by atoms with Crippen LogP contribution in [0.2, 0.25) is 0 Å². The lowest BCUT2D eigenvalue weighted by Crippen LogP contribution is -2.46. The van der Waals surface area contributed by atoms with E-state index in [1.807, 2.05) is 12.1 Å². The Morgan fingerprint density at radius 1 is 0.912 bits per heavy atom. The van der Waals surface area contributed by atoms with Crippen LogP contribution in [0, 0.1) is 5.92 Å². The monoisotopic (exact) mass is 463 g/mol. The maximum Gasteiger partial charge on any atom is 0.305 e. The molecule has 0 radical (unpaired) electrons. The quantitative estimate of drug-likeness (QED) is 0.593. The summed E-state index contributed by atoms with van der Waals surface area (Å²) in [4.78, 5) is 29.0. The van der Waals surface area contributed by atoms with Crippen molar-refractivity contribution in [1.29, 1.82) is 0 Å². The zero-order chi connectivity index (χ0) is 23.8. The zero-order valence-electron chi connectivity index (χ0n) is 20.2. The van der Waals surface area contributed by atoms with E-state index in [0.717, 1.165) is 70.4 Å². The highest BCUT2D eigenvalue weighted by Gasteiger charge is 2.24. The van der Waals surface area contributed by atoms with E-state index in [-0.39, 0.29) is 17.9 Å². The minimum Gasteiger partial charge on any atom is -0.469 e. The fourth-order valence-corrected chi connectivity index (χ4v) is 5.12. The maximum atomic E-state index is 12.8. The van der Waals surface area contributed by atoms with Crippen molar-refractivity contribution in [3.8, 4) is 0 Å². The minimum absolute atomic E-state index is 0.0113. The van der Waals surface area contributed by atoms with Crippen LogP contribution in [0.5, 0.6) is 0 Å². The van der Waals surface area contributed by atoms with Gasteiger partial charge in [0, 0.05) is 56.4 Å². The number of esters is 1. The highest BCUT2D eigenvalue weighted by molar-refractivity contribution is 5.94. The second-order valence-corrected chi connectivity index (χ2v) is 9.60. The van der Waals surface area contributed by atoms with Crippen molar-refractivity contribution in [2.24, 2.45) is 5.92 Å². The number of hydrogen-bond donors (Lipinski definition) is 1. The molecule has 2 aromatic rings. The molecule has 4 rings (SSSR count). The van der Waals surface area contributed by atoms with Gasteiger partial charge in [-0.15, -0.1) is 0 Å². The average molecular weight is 464 g/mol. The van der Waals surface area contributed by atoms with Gasteiger partial charge in [-0.3, -0.25) is 14.5 Å². The number of hydrogen-bond acceptors (Lipinski definition) is 5. The van der Waals surface area contributed by atoms with Crippen molar-refractivity contribution in [1.82, 2.24) is 10.2 Å². The van der Waals surface area contributed by atoms with Gasteiger partial charge in [-0.2, -0.15) is 0 Å². The summed E-state index contributed by atoms with van der Waals surface area (Å²) in [5.41, 5.74) is 3.27. The van der Waals surface area contributed by atoms with Gasteiger partial charge in [0.1, 0.15) is 0 Å². The molecule has 0 bridgehead atoms. The fourth-order valence-electron chi connectivity index (χ4n) is 5.12. The Morgan fingerprint density at radius 2 is 1.59 bits per heavy atom. The van der Waals surface area contributed by atoms with Crippen LogP contribution in [-0.4, -0.2) is 56.1 Å². The number of nitrogens with one attached hydrogen (secondary N) is 1. The number of methoxy groups -OCH3 is 1. The highest BCUT2D eigenvalue weighted by Crippen LogP contribution is 2.28. The highest BCUT2D eigenvalue weighted by atomic mass is 16.5. The number of carbonyl (C=O) groups excluding carboxylic acids is 2. The van der Waals surface area contributed by atoms with Crippen LogP contribution < -0.4 is 10.2 Å². The summed E-state index contributed by atoms with van der Waals surface area (Å²) in [6.45, 7) is 5.08. The molecule has 1 aliphatic heterocycles. The molecule has 182 valence electrons. The third kappa shape index (κ3) is 6.83. The summed E-state index contributed by atoms with van der Waals surface area (Å²) in [6, 6.07) is 18.9. The summed E-state index contributed by atoms with van der Waals surface area (Å²) in [7, 11) is 1.44. The molecule has 34 heavy (non-hydrogen) atoms. The smallest absolute Gasteiger partial charge is 0.305 e. The number of piperazine rings is 1. The molecule has 2 aromatic carbocycles. The lowest BCUT2D eigenvalue weighted by atomic mass is 9.83. The average Bonchev–Trinajstić information content (AvgIpc) is 2.89. The molecule has 6 nitrogen and oxygen atoms in total. The summed E-state index contributed by atoms with van der Waals surface area (Å²) in [6.07, 6.45) is 5.43. The molecule has 0 unspecified atom stereocenters. The van der Waals surface area contributed by atoms with Gasteiger partial charge in [0.15, 0.2) is 0 Å². The third-order valence-electron chi connectivity index (χ3n) is 7.28. The summed E-state index contributed by atoms with van der Waals surface area (Å²) >= 11 is 0. The predicted molar refractivity (Wildman–Crippen MR) is 135 cm³/mol. The Hall–Kier alpha value is -2.86. The van der Waals surface area contributed by atoms with E-state index >= 15 is 0 Å². The first-order valence-corrected chi connectivity index (χ1v) is 12.6. The molecule has 1 aliphatic carbocycles. The van der Waals surface area contributed by atoms with Crippen molar-refractivity contribution < 1.29 is 14.3 Å². The first kappa shape index (κ1) is 24.3. The predicted octanol–water partition coefficient (Wildman–Crippen LogP) is 4.25. The van der Waals surface area contributed by atoms with E-state index in [2.05, 4.69) is 57.6 Å². The molecule has 2 fully saturated rings.